The van der Waals surface area contributed by atoms with Gasteiger partial charge in [0.05, 0.1) is 11.8 Å². The van der Waals surface area contributed by atoms with Gasteiger partial charge in [0.2, 0.25) is 0 Å². The number of aryl methyl sites for hydroxylation is 2. The Balaban J connectivity index is 0.00000625. The number of ether oxygens (including phenoxy) is 1. The van der Waals surface area contributed by atoms with Gasteiger partial charge in [-0.3, -0.25) is 4.99 Å². The van der Waals surface area contributed by atoms with E-state index >= 15 is 0 Å². The molecule has 0 bridgehead atoms. The molecule has 0 aromatic carbocycles. The number of aromatic nitrogens is 1. The van der Waals surface area contributed by atoms with E-state index in [4.69, 9.17) is 9.26 Å². The second kappa shape index (κ2) is 14.2. The molecule has 0 aliphatic carbocycles. The zero-order valence-electron chi connectivity index (χ0n) is 17.1. The van der Waals surface area contributed by atoms with E-state index in [0.717, 1.165) is 55.3 Å². The van der Waals surface area contributed by atoms with E-state index in [2.05, 4.69) is 53.6 Å². The lowest BCUT2D eigenvalue weighted by Gasteiger charge is -2.21. The van der Waals surface area contributed by atoms with E-state index in [1.165, 1.54) is 0 Å². The van der Waals surface area contributed by atoms with Crippen LogP contribution in [0.2, 0.25) is 0 Å². The molecule has 0 aliphatic heterocycles. The van der Waals surface area contributed by atoms with Gasteiger partial charge in [0.1, 0.15) is 5.76 Å². The molecule has 0 spiro atoms. The van der Waals surface area contributed by atoms with Crippen molar-refractivity contribution in [3.05, 3.63) is 17.0 Å². The Morgan fingerprint density at radius 3 is 2.50 bits per heavy atom. The third-order valence-corrected chi connectivity index (χ3v) is 4.06. The van der Waals surface area contributed by atoms with E-state index in [1.807, 2.05) is 6.92 Å². The summed E-state index contributed by atoms with van der Waals surface area (Å²) in [4.78, 5) is 6.47. The summed E-state index contributed by atoms with van der Waals surface area (Å²) in [6, 6.07) is 0. The van der Waals surface area contributed by atoms with Crippen LogP contribution in [0.15, 0.2) is 9.52 Å². The van der Waals surface area contributed by atoms with E-state index in [0.29, 0.717) is 13.2 Å². The quantitative estimate of drug-likeness (QED) is 0.287. The number of nitrogens with one attached hydrogen (secondary N) is 2. The van der Waals surface area contributed by atoms with Crippen molar-refractivity contribution in [2.75, 3.05) is 40.8 Å². The number of hydrogen-bond acceptors (Lipinski definition) is 5. The lowest BCUT2D eigenvalue weighted by molar-refractivity contribution is 0.0548. The van der Waals surface area contributed by atoms with Crippen LogP contribution in [0.5, 0.6) is 0 Å². The third kappa shape index (κ3) is 8.68. The van der Waals surface area contributed by atoms with Crippen LogP contribution < -0.4 is 10.6 Å². The Bertz CT molecular complexity index is 498. The Kier molecular flexibility index (Phi) is 13.7. The summed E-state index contributed by atoms with van der Waals surface area (Å²) in [6.45, 7) is 9.29. The van der Waals surface area contributed by atoms with Gasteiger partial charge in [0.15, 0.2) is 5.96 Å². The molecule has 26 heavy (non-hydrogen) atoms. The Morgan fingerprint density at radius 2 is 1.96 bits per heavy atom. The summed E-state index contributed by atoms with van der Waals surface area (Å²) in [7, 11) is 5.93. The van der Waals surface area contributed by atoms with Crippen LogP contribution in [0.4, 0.5) is 0 Å². The van der Waals surface area contributed by atoms with Gasteiger partial charge < -0.3 is 24.8 Å². The van der Waals surface area contributed by atoms with Gasteiger partial charge in [-0.2, -0.15) is 0 Å². The minimum Gasteiger partial charge on any atom is -0.377 e. The minimum absolute atomic E-state index is 0. The summed E-state index contributed by atoms with van der Waals surface area (Å²) in [5, 5.41) is 10.9. The molecule has 1 atom stereocenters. The maximum atomic E-state index is 5.81. The SMILES string of the molecule is CCOC(CCN(C)C)CNC(=NC)NCc1c(CC)noc1CC.I. The highest BCUT2D eigenvalue weighted by molar-refractivity contribution is 14.0. The van der Waals surface area contributed by atoms with E-state index in [1.54, 1.807) is 7.05 Å². The van der Waals surface area contributed by atoms with E-state index in [9.17, 15) is 0 Å². The smallest absolute Gasteiger partial charge is 0.191 e. The monoisotopic (exact) mass is 481 g/mol. The number of nitrogens with zero attached hydrogens (tertiary/aromatic N) is 3. The topological polar surface area (TPSA) is 74.9 Å². The lowest BCUT2D eigenvalue weighted by Crippen LogP contribution is -2.42. The van der Waals surface area contributed by atoms with Crippen molar-refractivity contribution >= 4 is 29.9 Å². The summed E-state index contributed by atoms with van der Waals surface area (Å²) in [6.07, 6.45) is 2.85. The van der Waals surface area contributed by atoms with Crippen molar-refractivity contribution in [2.24, 2.45) is 4.99 Å². The highest BCUT2D eigenvalue weighted by Crippen LogP contribution is 2.15. The van der Waals surface area contributed by atoms with Crippen molar-refractivity contribution in [1.82, 2.24) is 20.7 Å². The van der Waals surface area contributed by atoms with Crippen LogP contribution in [0.1, 0.15) is 44.2 Å². The molecule has 0 saturated carbocycles. The number of rotatable bonds is 11. The van der Waals surface area contributed by atoms with Crippen molar-refractivity contribution in [3.63, 3.8) is 0 Å². The Morgan fingerprint density at radius 1 is 1.23 bits per heavy atom. The largest absolute Gasteiger partial charge is 0.377 e. The van der Waals surface area contributed by atoms with Gasteiger partial charge >= 0.3 is 0 Å². The molecule has 0 fully saturated rings. The molecule has 1 unspecified atom stereocenters. The molecule has 152 valence electrons. The van der Waals surface area contributed by atoms with Gasteiger partial charge in [-0.25, -0.2) is 0 Å². The summed E-state index contributed by atoms with van der Waals surface area (Å²) < 4.78 is 11.2. The highest BCUT2D eigenvalue weighted by Gasteiger charge is 2.14. The molecule has 0 radical (unpaired) electrons. The van der Waals surface area contributed by atoms with Crippen LogP contribution in [0, 0.1) is 0 Å². The van der Waals surface area contributed by atoms with E-state index < -0.39 is 0 Å². The van der Waals surface area contributed by atoms with Crippen molar-refractivity contribution in [3.8, 4) is 0 Å². The molecule has 0 amide bonds. The number of hydrogen-bond donors (Lipinski definition) is 2. The summed E-state index contributed by atoms with van der Waals surface area (Å²) >= 11 is 0. The maximum absolute atomic E-state index is 5.81. The predicted molar refractivity (Wildman–Crippen MR) is 117 cm³/mol. The fraction of sp³-hybridized carbons (Fsp3) is 0.778. The first-order chi connectivity index (χ1) is 12.0. The molecule has 2 N–H and O–H groups in total. The molecule has 7 nitrogen and oxygen atoms in total. The highest BCUT2D eigenvalue weighted by atomic mass is 127. The zero-order chi connectivity index (χ0) is 18.7. The standard InChI is InChI=1S/C18H35N5O2.HI/c1-7-16-15(17(8-2)25-22-16)13-21-18(19-4)20-12-14(24-9-3)10-11-23(5)6;/h14H,7-13H2,1-6H3,(H2,19,20,21);1H. The second-order valence-corrected chi connectivity index (χ2v) is 6.21. The van der Waals surface area contributed by atoms with Crippen molar-refractivity contribution in [1.29, 1.82) is 0 Å². The molecule has 1 aromatic rings. The third-order valence-electron chi connectivity index (χ3n) is 4.06. The van der Waals surface area contributed by atoms with E-state index in [-0.39, 0.29) is 30.1 Å². The van der Waals surface area contributed by atoms with Gasteiger partial charge in [-0.1, -0.05) is 19.0 Å². The molecule has 0 aliphatic rings. The maximum Gasteiger partial charge on any atom is 0.191 e. The second-order valence-electron chi connectivity index (χ2n) is 6.21. The molecule has 1 aromatic heterocycles. The fourth-order valence-corrected chi connectivity index (χ4v) is 2.62. The first-order valence-electron chi connectivity index (χ1n) is 9.22. The van der Waals surface area contributed by atoms with Crippen LogP contribution in [0.3, 0.4) is 0 Å². The van der Waals surface area contributed by atoms with Crippen LogP contribution in [-0.2, 0) is 24.1 Å². The molecule has 1 heterocycles. The van der Waals surface area contributed by atoms with Gasteiger partial charge in [0, 0.05) is 45.3 Å². The van der Waals surface area contributed by atoms with Gasteiger partial charge in [-0.15, -0.1) is 24.0 Å². The summed E-state index contributed by atoms with van der Waals surface area (Å²) in [5.74, 6) is 1.71. The molecule has 1 rings (SSSR count). The molecular weight excluding hydrogens is 445 g/mol. The average Bonchev–Trinajstić information content (AvgIpc) is 3.01. The number of guanidine groups is 1. The van der Waals surface area contributed by atoms with Crippen LogP contribution in [-0.4, -0.2) is 63.0 Å². The fourth-order valence-electron chi connectivity index (χ4n) is 2.62. The Labute approximate surface area is 175 Å². The molecule has 0 saturated heterocycles. The molecule has 8 heteroatoms. The molecular formula is C18H36IN5O2. The Hall–Kier alpha value is -0.870. The number of aliphatic imine (C=N–C) groups is 1. The first-order valence-corrected chi connectivity index (χ1v) is 9.22. The van der Waals surface area contributed by atoms with Crippen LogP contribution in [0.25, 0.3) is 0 Å². The van der Waals surface area contributed by atoms with Crippen molar-refractivity contribution in [2.45, 2.75) is 52.7 Å². The lowest BCUT2D eigenvalue weighted by atomic mass is 10.1. The normalized spacial score (nSPS) is 12.8. The number of halogens is 1. The summed E-state index contributed by atoms with van der Waals surface area (Å²) in [5.41, 5.74) is 2.15. The van der Waals surface area contributed by atoms with Gasteiger partial charge in [-0.05, 0) is 33.9 Å². The van der Waals surface area contributed by atoms with Gasteiger partial charge in [0.25, 0.3) is 0 Å². The zero-order valence-corrected chi connectivity index (χ0v) is 19.4. The first kappa shape index (κ1) is 25.1. The predicted octanol–water partition coefficient (Wildman–Crippen LogP) is 2.44. The van der Waals surface area contributed by atoms with Crippen molar-refractivity contribution < 1.29 is 9.26 Å². The average molecular weight is 481 g/mol. The van der Waals surface area contributed by atoms with Crippen LogP contribution >= 0.6 is 24.0 Å². The minimum atomic E-state index is 0.